The number of nitrogens with zero attached hydrogens (tertiary/aromatic N) is 2. The van der Waals surface area contributed by atoms with Crippen molar-refractivity contribution < 1.29 is 4.74 Å². The number of ether oxygens (including phenoxy) is 1. The number of aromatic nitrogens is 1. The lowest BCUT2D eigenvalue weighted by Crippen LogP contribution is -2.43. The van der Waals surface area contributed by atoms with Gasteiger partial charge in [0, 0.05) is 25.7 Å². The number of morpholine rings is 1. The van der Waals surface area contributed by atoms with Gasteiger partial charge >= 0.3 is 0 Å². The summed E-state index contributed by atoms with van der Waals surface area (Å²) in [6, 6.07) is 6.80. The second-order valence-corrected chi connectivity index (χ2v) is 5.19. The van der Waals surface area contributed by atoms with Crippen molar-refractivity contribution in [3.8, 4) is 0 Å². The van der Waals surface area contributed by atoms with Crippen molar-refractivity contribution in [2.75, 3.05) is 26.3 Å². The molecular weight excluding hydrogens is 238 g/mol. The van der Waals surface area contributed by atoms with Crippen LogP contribution in [0.5, 0.6) is 0 Å². The Labute approximate surface area is 116 Å². The third-order valence-electron chi connectivity index (χ3n) is 3.47. The van der Waals surface area contributed by atoms with E-state index < -0.39 is 0 Å². The van der Waals surface area contributed by atoms with Crippen molar-refractivity contribution in [2.24, 2.45) is 0 Å². The second-order valence-electron chi connectivity index (χ2n) is 5.19. The van der Waals surface area contributed by atoms with Crippen LogP contribution in [-0.2, 0) is 17.8 Å². The average molecular weight is 263 g/mol. The molecule has 0 radical (unpaired) electrons. The van der Waals surface area contributed by atoms with Gasteiger partial charge in [-0.1, -0.05) is 13.0 Å². The lowest BCUT2D eigenvalue weighted by molar-refractivity contribution is -0.00492. The number of rotatable bonds is 6. The molecule has 1 saturated heterocycles. The summed E-state index contributed by atoms with van der Waals surface area (Å²) in [4.78, 5) is 7.17. The van der Waals surface area contributed by atoms with Crippen molar-refractivity contribution >= 4 is 0 Å². The molecule has 4 nitrogen and oxygen atoms in total. The van der Waals surface area contributed by atoms with Crippen LogP contribution in [0.15, 0.2) is 18.2 Å². The Bertz CT molecular complexity index is 383. The Balaban J connectivity index is 1.90. The molecule has 4 heteroatoms. The highest BCUT2D eigenvalue weighted by atomic mass is 16.5. The van der Waals surface area contributed by atoms with Crippen LogP contribution in [-0.4, -0.2) is 42.2 Å². The monoisotopic (exact) mass is 263 g/mol. The van der Waals surface area contributed by atoms with E-state index in [1.54, 1.807) is 0 Å². The van der Waals surface area contributed by atoms with Gasteiger partial charge in [-0.25, -0.2) is 0 Å². The lowest BCUT2D eigenvalue weighted by atomic mass is 10.2. The highest BCUT2D eigenvalue weighted by molar-refractivity contribution is 5.11. The first-order valence-electron chi connectivity index (χ1n) is 7.27. The minimum atomic E-state index is 0.484. The number of nitrogens with one attached hydrogen (secondary N) is 1. The lowest BCUT2D eigenvalue weighted by Gasteiger charge is -2.32. The van der Waals surface area contributed by atoms with E-state index in [1.807, 2.05) is 0 Å². The Morgan fingerprint density at radius 1 is 1.42 bits per heavy atom. The Kier molecular flexibility index (Phi) is 5.76. The average Bonchev–Trinajstić information content (AvgIpc) is 2.42. The topological polar surface area (TPSA) is 37.4 Å². The Hall–Kier alpha value is -0.970. The first kappa shape index (κ1) is 14.4. The summed E-state index contributed by atoms with van der Waals surface area (Å²) in [5.41, 5.74) is 2.29. The van der Waals surface area contributed by atoms with Crippen molar-refractivity contribution in [1.29, 1.82) is 0 Å². The Morgan fingerprint density at radius 2 is 2.26 bits per heavy atom. The number of pyridine rings is 1. The van der Waals surface area contributed by atoms with Gasteiger partial charge < -0.3 is 10.1 Å². The van der Waals surface area contributed by atoms with E-state index >= 15 is 0 Å². The molecule has 1 aliphatic heterocycles. The molecule has 0 amide bonds. The van der Waals surface area contributed by atoms with E-state index in [0.29, 0.717) is 6.04 Å². The van der Waals surface area contributed by atoms with Crippen LogP contribution >= 0.6 is 0 Å². The number of hydrogen-bond acceptors (Lipinski definition) is 4. The zero-order valence-electron chi connectivity index (χ0n) is 12.1. The van der Waals surface area contributed by atoms with Crippen LogP contribution < -0.4 is 5.32 Å². The summed E-state index contributed by atoms with van der Waals surface area (Å²) in [6.07, 6.45) is 1.16. The molecule has 19 heavy (non-hydrogen) atoms. The molecule has 0 aliphatic carbocycles. The van der Waals surface area contributed by atoms with E-state index in [4.69, 9.17) is 9.72 Å². The van der Waals surface area contributed by atoms with Crippen molar-refractivity contribution in [3.63, 3.8) is 0 Å². The zero-order chi connectivity index (χ0) is 13.5. The van der Waals surface area contributed by atoms with Crippen LogP contribution in [0.2, 0.25) is 0 Å². The van der Waals surface area contributed by atoms with Crippen molar-refractivity contribution in [1.82, 2.24) is 15.2 Å². The highest BCUT2D eigenvalue weighted by Gasteiger charge is 2.19. The van der Waals surface area contributed by atoms with Crippen molar-refractivity contribution in [2.45, 2.75) is 39.4 Å². The molecule has 1 aliphatic rings. The SMILES string of the molecule is CCCNCc1cccc(CN2CCOCC2C)n1. The van der Waals surface area contributed by atoms with Gasteiger partial charge in [-0.2, -0.15) is 0 Å². The van der Waals surface area contributed by atoms with Crippen LogP contribution in [0, 0.1) is 0 Å². The molecule has 0 spiro atoms. The van der Waals surface area contributed by atoms with Gasteiger partial charge in [-0.15, -0.1) is 0 Å². The minimum Gasteiger partial charge on any atom is -0.379 e. The summed E-state index contributed by atoms with van der Waals surface area (Å²) < 4.78 is 5.47. The van der Waals surface area contributed by atoms with Crippen LogP contribution in [0.1, 0.15) is 31.7 Å². The van der Waals surface area contributed by atoms with Crippen molar-refractivity contribution in [3.05, 3.63) is 29.6 Å². The van der Waals surface area contributed by atoms with Crippen LogP contribution in [0.3, 0.4) is 0 Å². The van der Waals surface area contributed by atoms with Gasteiger partial charge in [0.1, 0.15) is 0 Å². The van der Waals surface area contributed by atoms with Gasteiger partial charge in [0.2, 0.25) is 0 Å². The molecule has 1 aromatic heterocycles. The quantitative estimate of drug-likeness (QED) is 0.794. The van der Waals surface area contributed by atoms with E-state index in [0.717, 1.165) is 57.2 Å². The first-order chi connectivity index (χ1) is 9.29. The van der Waals surface area contributed by atoms with E-state index in [1.165, 1.54) is 0 Å². The van der Waals surface area contributed by atoms with Gasteiger partial charge in [0.05, 0.1) is 24.6 Å². The molecule has 0 bridgehead atoms. The third-order valence-corrected chi connectivity index (χ3v) is 3.47. The largest absolute Gasteiger partial charge is 0.379 e. The fraction of sp³-hybridized carbons (Fsp3) is 0.667. The smallest absolute Gasteiger partial charge is 0.0619 e. The summed E-state index contributed by atoms with van der Waals surface area (Å²) in [5, 5.41) is 3.39. The fourth-order valence-corrected chi connectivity index (χ4v) is 2.31. The number of hydrogen-bond donors (Lipinski definition) is 1. The third kappa shape index (κ3) is 4.56. The van der Waals surface area contributed by atoms with Crippen LogP contribution in [0.4, 0.5) is 0 Å². The first-order valence-corrected chi connectivity index (χ1v) is 7.27. The zero-order valence-corrected chi connectivity index (χ0v) is 12.1. The van der Waals surface area contributed by atoms with E-state index in [-0.39, 0.29) is 0 Å². The fourth-order valence-electron chi connectivity index (χ4n) is 2.31. The maximum Gasteiger partial charge on any atom is 0.0619 e. The molecule has 1 unspecified atom stereocenters. The maximum absolute atomic E-state index is 5.47. The summed E-state index contributed by atoms with van der Waals surface area (Å²) in [5.74, 6) is 0. The van der Waals surface area contributed by atoms with E-state index in [2.05, 4.69) is 42.3 Å². The van der Waals surface area contributed by atoms with Crippen LogP contribution in [0.25, 0.3) is 0 Å². The minimum absolute atomic E-state index is 0.484. The van der Waals surface area contributed by atoms with E-state index in [9.17, 15) is 0 Å². The molecule has 2 rings (SSSR count). The second kappa shape index (κ2) is 7.58. The molecule has 1 fully saturated rings. The van der Waals surface area contributed by atoms with Gasteiger partial charge in [-0.3, -0.25) is 9.88 Å². The molecule has 0 saturated carbocycles. The normalized spacial score (nSPS) is 20.6. The highest BCUT2D eigenvalue weighted by Crippen LogP contribution is 2.11. The summed E-state index contributed by atoms with van der Waals surface area (Å²) in [7, 11) is 0. The van der Waals surface area contributed by atoms with Gasteiger partial charge in [0.15, 0.2) is 0 Å². The molecule has 106 valence electrons. The molecule has 1 atom stereocenters. The van der Waals surface area contributed by atoms with Gasteiger partial charge in [-0.05, 0) is 32.0 Å². The summed E-state index contributed by atoms with van der Waals surface area (Å²) in [6.45, 7) is 9.89. The predicted molar refractivity (Wildman–Crippen MR) is 76.9 cm³/mol. The molecular formula is C15H25N3O. The maximum atomic E-state index is 5.47. The predicted octanol–water partition coefficient (Wildman–Crippen LogP) is 1.80. The molecule has 1 N–H and O–H groups in total. The summed E-state index contributed by atoms with van der Waals surface area (Å²) >= 11 is 0. The molecule has 0 aromatic carbocycles. The standard InChI is InChI=1S/C15H25N3O/c1-3-7-16-10-14-5-4-6-15(17-14)11-18-8-9-19-12-13(18)2/h4-6,13,16H,3,7-12H2,1-2H3. The molecule has 2 heterocycles. The molecule has 1 aromatic rings. The van der Waals surface area contributed by atoms with Gasteiger partial charge in [0.25, 0.3) is 0 Å². The Morgan fingerprint density at radius 3 is 3.05 bits per heavy atom.